The Labute approximate surface area is 74.8 Å². The third-order valence-electron chi connectivity index (χ3n) is 1.75. The molecule has 0 fully saturated rings. The number of halogens is 1. The highest BCUT2D eigenvalue weighted by atomic mass is 35.5. The first kappa shape index (κ1) is 7.58. The Bertz CT molecular complexity index is 408. The van der Waals surface area contributed by atoms with Gasteiger partial charge in [-0.2, -0.15) is 0 Å². The molecule has 0 amide bonds. The van der Waals surface area contributed by atoms with Gasteiger partial charge in [0, 0.05) is 11.2 Å². The van der Waals surface area contributed by atoms with E-state index in [-0.39, 0.29) is 0 Å². The minimum atomic E-state index is 0.440. The Balaban J connectivity index is 2.73. The first-order chi connectivity index (χ1) is 5.81. The summed E-state index contributed by atoms with van der Waals surface area (Å²) in [7, 11) is 0. The van der Waals surface area contributed by atoms with E-state index in [2.05, 4.69) is 4.98 Å². The molecule has 2 N–H and O–H groups in total. The molecular formula is C8H8ClN3. The molecule has 2 heterocycles. The third-order valence-corrected chi connectivity index (χ3v) is 1.99. The number of pyridine rings is 1. The van der Waals surface area contributed by atoms with Gasteiger partial charge >= 0.3 is 0 Å². The highest BCUT2D eigenvalue weighted by Gasteiger charge is 2.00. The van der Waals surface area contributed by atoms with Gasteiger partial charge in [0.15, 0.2) is 0 Å². The summed E-state index contributed by atoms with van der Waals surface area (Å²) in [5, 5.41) is 0.714. The molecule has 0 spiro atoms. The van der Waals surface area contributed by atoms with Crippen LogP contribution in [-0.4, -0.2) is 9.38 Å². The third kappa shape index (κ3) is 1.07. The van der Waals surface area contributed by atoms with Crippen LogP contribution in [0.15, 0.2) is 24.5 Å². The average Bonchev–Trinajstić information content (AvgIpc) is 2.46. The predicted octanol–water partition coefficient (Wildman–Crippen LogP) is 1.45. The molecule has 3 nitrogen and oxygen atoms in total. The van der Waals surface area contributed by atoms with Gasteiger partial charge in [0.25, 0.3) is 0 Å². The highest BCUT2D eigenvalue weighted by molar-refractivity contribution is 6.30. The van der Waals surface area contributed by atoms with Crippen LogP contribution in [0, 0.1) is 0 Å². The monoisotopic (exact) mass is 181 g/mol. The van der Waals surface area contributed by atoms with Gasteiger partial charge in [-0.1, -0.05) is 11.6 Å². The molecule has 62 valence electrons. The van der Waals surface area contributed by atoms with E-state index in [1.54, 1.807) is 6.20 Å². The van der Waals surface area contributed by atoms with Crippen molar-refractivity contribution in [2.45, 2.75) is 6.54 Å². The number of nitrogens with two attached hydrogens (primary N) is 1. The second kappa shape index (κ2) is 2.77. The zero-order chi connectivity index (χ0) is 8.55. The SMILES string of the molecule is NCc1ncc2cc(Cl)ccn12. The Morgan fingerprint density at radius 1 is 1.58 bits per heavy atom. The summed E-state index contributed by atoms with van der Waals surface area (Å²) in [5.41, 5.74) is 6.46. The van der Waals surface area contributed by atoms with Crippen LogP contribution >= 0.6 is 11.6 Å². The number of hydrogen-bond acceptors (Lipinski definition) is 2. The van der Waals surface area contributed by atoms with Crippen LogP contribution in [-0.2, 0) is 6.54 Å². The van der Waals surface area contributed by atoms with Crippen molar-refractivity contribution in [1.29, 1.82) is 0 Å². The van der Waals surface area contributed by atoms with Crippen molar-refractivity contribution >= 4 is 17.1 Å². The lowest BCUT2D eigenvalue weighted by molar-refractivity contribution is 0.903. The minimum Gasteiger partial charge on any atom is -0.324 e. The summed E-state index contributed by atoms with van der Waals surface area (Å²) in [6.07, 6.45) is 3.63. The van der Waals surface area contributed by atoms with Crippen LogP contribution in [0.5, 0.6) is 0 Å². The van der Waals surface area contributed by atoms with Gasteiger partial charge in [-0.15, -0.1) is 0 Å². The second-order valence-electron chi connectivity index (χ2n) is 2.52. The summed E-state index contributed by atoms with van der Waals surface area (Å²) in [6.45, 7) is 0.440. The van der Waals surface area contributed by atoms with E-state index in [9.17, 15) is 0 Å². The first-order valence-corrected chi connectivity index (χ1v) is 4.00. The Morgan fingerprint density at radius 2 is 2.42 bits per heavy atom. The van der Waals surface area contributed by atoms with Gasteiger partial charge < -0.3 is 10.1 Å². The van der Waals surface area contributed by atoms with E-state index >= 15 is 0 Å². The van der Waals surface area contributed by atoms with E-state index in [1.807, 2.05) is 22.7 Å². The Morgan fingerprint density at radius 3 is 3.17 bits per heavy atom. The van der Waals surface area contributed by atoms with Crippen molar-refractivity contribution < 1.29 is 0 Å². The molecule has 0 radical (unpaired) electrons. The van der Waals surface area contributed by atoms with Crippen LogP contribution in [0.4, 0.5) is 0 Å². The lowest BCUT2D eigenvalue weighted by Gasteiger charge is -1.97. The summed E-state index contributed by atoms with van der Waals surface area (Å²) in [6, 6.07) is 3.67. The van der Waals surface area contributed by atoms with Gasteiger partial charge in [-0.3, -0.25) is 0 Å². The van der Waals surface area contributed by atoms with Crippen LogP contribution in [0.1, 0.15) is 5.82 Å². The van der Waals surface area contributed by atoms with Crippen LogP contribution in [0.3, 0.4) is 0 Å². The molecule has 0 unspecified atom stereocenters. The maximum absolute atomic E-state index is 5.80. The molecule has 0 aliphatic carbocycles. The number of hydrogen-bond donors (Lipinski definition) is 1. The maximum atomic E-state index is 5.80. The quantitative estimate of drug-likeness (QED) is 0.724. The molecule has 4 heteroatoms. The van der Waals surface area contributed by atoms with Crippen molar-refractivity contribution in [2.24, 2.45) is 5.73 Å². The predicted molar refractivity (Wildman–Crippen MR) is 48.1 cm³/mol. The smallest absolute Gasteiger partial charge is 0.127 e. The molecule has 0 atom stereocenters. The van der Waals surface area contributed by atoms with Crippen LogP contribution in [0.2, 0.25) is 5.02 Å². The van der Waals surface area contributed by atoms with E-state index < -0.39 is 0 Å². The van der Waals surface area contributed by atoms with E-state index in [1.165, 1.54) is 0 Å². The first-order valence-electron chi connectivity index (χ1n) is 3.63. The average molecular weight is 182 g/mol. The van der Waals surface area contributed by atoms with Crippen molar-refractivity contribution in [3.63, 3.8) is 0 Å². The standard InChI is InChI=1S/C8H8ClN3/c9-6-1-2-12-7(3-6)5-11-8(12)4-10/h1-3,5H,4,10H2. The number of nitrogens with zero attached hydrogens (tertiary/aromatic N) is 2. The summed E-state index contributed by atoms with van der Waals surface area (Å²) in [5.74, 6) is 0.849. The van der Waals surface area contributed by atoms with Gasteiger partial charge in [0.1, 0.15) is 5.82 Å². The molecule has 2 rings (SSSR count). The molecule has 0 aromatic carbocycles. The minimum absolute atomic E-state index is 0.440. The normalized spacial score (nSPS) is 10.8. The van der Waals surface area contributed by atoms with Gasteiger partial charge in [-0.25, -0.2) is 4.98 Å². The molecule has 2 aromatic rings. The van der Waals surface area contributed by atoms with Crippen molar-refractivity contribution in [3.8, 4) is 0 Å². The zero-order valence-electron chi connectivity index (χ0n) is 6.37. The molecular weight excluding hydrogens is 174 g/mol. The van der Waals surface area contributed by atoms with E-state index in [0.29, 0.717) is 11.6 Å². The molecule has 0 aliphatic rings. The lowest BCUT2D eigenvalue weighted by Crippen LogP contribution is -2.01. The largest absolute Gasteiger partial charge is 0.324 e. The summed E-state index contributed by atoms with van der Waals surface area (Å²) >= 11 is 5.80. The lowest BCUT2D eigenvalue weighted by atomic mass is 10.4. The van der Waals surface area contributed by atoms with Gasteiger partial charge in [0.05, 0.1) is 18.3 Å². The fraction of sp³-hybridized carbons (Fsp3) is 0.125. The molecule has 12 heavy (non-hydrogen) atoms. The number of aromatic nitrogens is 2. The number of imidazole rings is 1. The van der Waals surface area contributed by atoms with E-state index in [0.717, 1.165) is 11.3 Å². The van der Waals surface area contributed by atoms with Gasteiger partial charge in [-0.05, 0) is 12.1 Å². The maximum Gasteiger partial charge on any atom is 0.127 e. The fourth-order valence-electron chi connectivity index (χ4n) is 1.18. The number of rotatable bonds is 1. The Kier molecular flexibility index (Phi) is 1.75. The van der Waals surface area contributed by atoms with Crippen molar-refractivity contribution in [2.75, 3.05) is 0 Å². The fourth-order valence-corrected chi connectivity index (χ4v) is 1.35. The van der Waals surface area contributed by atoms with Crippen molar-refractivity contribution in [1.82, 2.24) is 9.38 Å². The van der Waals surface area contributed by atoms with Gasteiger partial charge in [0.2, 0.25) is 0 Å². The summed E-state index contributed by atoms with van der Waals surface area (Å²) in [4.78, 5) is 4.13. The number of fused-ring (bicyclic) bond motifs is 1. The Hall–Kier alpha value is -1.06. The molecule has 0 aliphatic heterocycles. The topological polar surface area (TPSA) is 43.3 Å². The van der Waals surface area contributed by atoms with Crippen molar-refractivity contribution in [3.05, 3.63) is 35.4 Å². The second-order valence-corrected chi connectivity index (χ2v) is 2.95. The van der Waals surface area contributed by atoms with Crippen LogP contribution < -0.4 is 5.73 Å². The van der Waals surface area contributed by atoms with Crippen LogP contribution in [0.25, 0.3) is 5.52 Å². The summed E-state index contributed by atoms with van der Waals surface area (Å²) < 4.78 is 1.92. The van der Waals surface area contributed by atoms with E-state index in [4.69, 9.17) is 17.3 Å². The molecule has 0 bridgehead atoms. The zero-order valence-corrected chi connectivity index (χ0v) is 7.12. The molecule has 2 aromatic heterocycles. The highest BCUT2D eigenvalue weighted by Crippen LogP contribution is 2.13. The molecule has 0 saturated carbocycles. The molecule has 0 saturated heterocycles.